The van der Waals surface area contributed by atoms with Gasteiger partial charge in [0.05, 0.1) is 21.1 Å². The van der Waals surface area contributed by atoms with Crippen LogP contribution >= 0.6 is 23.2 Å². The fraction of sp³-hybridized carbons (Fsp3) is 0.462. The van der Waals surface area contributed by atoms with E-state index in [1.165, 1.54) is 19.3 Å². The minimum Gasteiger partial charge on any atom is -0.369 e. The van der Waals surface area contributed by atoms with Crippen LogP contribution in [0.1, 0.15) is 26.2 Å². The zero-order chi connectivity index (χ0) is 12.9. The SMILES string of the molecule is CC1(Cn2c(N)nc3cc(Cl)c(Cl)cc32)CCC1. The third-order valence-corrected chi connectivity index (χ3v) is 4.64. The first-order chi connectivity index (χ1) is 8.48. The van der Waals surface area contributed by atoms with Gasteiger partial charge in [-0.25, -0.2) is 4.98 Å². The lowest BCUT2D eigenvalue weighted by molar-refractivity contribution is 0.135. The number of hydrogen-bond acceptors (Lipinski definition) is 2. The molecular formula is C13H15Cl2N3. The van der Waals surface area contributed by atoms with Crippen molar-refractivity contribution >= 4 is 40.2 Å². The maximum atomic E-state index is 6.07. The lowest BCUT2D eigenvalue weighted by Crippen LogP contribution is -2.31. The minimum absolute atomic E-state index is 0.341. The van der Waals surface area contributed by atoms with Crippen molar-refractivity contribution in [2.45, 2.75) is 32.7 Å². The first-order valence-corrected chi connectivity index (χ1v) is 6.85. The van der Waals surface area contributed by atoms with Crippen LogP contribution in [0.25, 0.3) is 11.0 Å². The molecule has 1 fully saturated rings. The summed E-state index contributed by atoms with van der Waals surface area (Å²) in [4.78, 5) is 4.36. The van der Waals surface area contributed by atoms with Crippen LogP contribution in [0.4, 0.5) is 5.95 Å². The normalized spacial score (nSPS) is 17.9. The third kappa shape index (κ3) is 1.86. The van der Waals surface area contributed by atoms with E-state index in [4.69, 9.17) is 28.9 Å². The third-order valence-electron chi connectivity index (χ3n) is 3.92. The Kier molecular flexibility index (Phi) is 2.72. The second kappa shape index (κ2) is 4.04. The van der Waals surface area contributed by atoms with Gasteiger partial charge in [0.15, 0.2) is 0 Å². The fourth-order valence-electron chi connectivity index (χ4n) is 2.63. The highest BCUT2D eigenvalue weighted by atomic mass is 35.5. The number of aromatic nitrogens is 2. The van der Waals surface area contributed by atoms with Gasteiger partial charge in [0.25, 0.3) is 0 Å². The molecule has 96 valence electrons. The van der Waals surface area contributed by atoms with Crippen LogP contribution in [0, 0.1) is 5.41 Å². The Morgan fingerprint density at radius 3 is 2.61 bits per heavy atom. The molecule has 1 saturated carbocycles. The summed E-state index contributed by atoms with van der Waals surface area (Å²) in [5.41, 5.74) is 8.12. The molecule has 3 nitrogen and oxygen atoms in total. The molecule has 1 aromatic carbocycles. The molecule has 18 heavy (non-hydrogen) atoms. The Bertz CT molecular complexity index is 614. The monoisotopic (exact) mass is 283 g/mol. The summed E-state index contributed by atoms with van der Waals surface area (Å²) < 4.78 is 2.05. The summed E-state index contributed by atoms with van der Waals surface area (Å²) in [5.74, 6) is 0.538. The fourth-order valence-corrected chi connectivity index (χ4v) is 2.94. The number of anilines is 1. The van der Waals surface area contributed by atoms with Crippen LogP contribution in [0.2, 0.25) is 10.0 Å². The largest absolute Gasteiger partial charge is 0.369 e. The molecule has 1 aliphatic rings. The topological polar surface area (TPSA) is 43.8 Å². The van der Waals surface area contributed by atoms with Gasteiger partial charge in [0.2, 0.25) is 5.95 Å². The Hall–Kier alpha value is -0.930. The molecule has 1 aromatic heterocycles. The average molecular weight is 284 g/mol. The number of hydrogen-bond donors (Lipinski definition) is 1. The van der Waals surface area contributed by atoms with Crippen molar-refractivity contribution in [3.63, 3.8) is 0 Å². The average Bonchev–Trinajstić information content (AvgIpc) is 2.55. The standard InChI is InChI=1S/C13H15Cl2N3/c1-13(3-2-4-13)7-18-11-6-9(15)8(14)5-10(11)17-12(18)16/h5-6H,2-4,7H2,1H3,(H2,16,17). The van der Waals surface area contributed by atoms with E-state index in [1.807, 2.05) is 6.07 Å². The van der Waals surface area contributed by atoms with Gasteiger partial charge in [-0.15, -0.1) is 0 Å². The summed E-state index contributed by atoms with van der Waals surface area (Å²) in [6.45, 7) is 3.19. The van der Waals surface area contributed by atoms with Gasteiger partial charge >= 0.3 is 0 Å². The summed E-state index contributed by atoms with van der Waals surface area (Å²) >= 11 is 12.1. The highest BCUT2D eigenvalue weighted by Gasteiger charge is 2.33. The van der Waals surface area contributed by atoms with Gasteiger partial charge in [-0.2, -0.15) is 0 Å². The molecule has 1 heterocycles. The molecule has 2 N–H and O–H groups in total. The second-order valence-electron chi connectivity index (χ2n) is 5.48. The Balaban J connectivity index is 2.10. The quantitative estimate of drug-likeness (QED) is 0.901. The van der Waals surface area contributed by atoms with Crippen LogP contribution in [0.15, 0.2) is 12.1 Å². The van der Waals surface area contributed by atoms with Gasteiger partial charge in [-0.3, -0.25) is 0 Å². The molecule has 0 radical (unpaired) electrons. The minimum atomic E-state index is 0.341. The number of fused-ring (bicyclic) bond motifs is 1. The van der Waals surface area contributed by atoms with Crippen LogP contribution in [-0.2, 0) is 6.54 Å². The molecule has 0 aliphatic heterocycles. The van der Waals surface area contributed by atoms with Crippen LogP contribution in [0.5, 0.6) is 0 Å². The molecule has 1 aliphatic carbocycles. The van der Waals surface area contributed by atoms with Gasteiger partial charge in [0.1, 0.15) is 0 Å². The molecule has 2 aromatic rings. The Labute approximate surface area is 116 Å². The van der Waals surface area contributed by atoms with Crippen molar-refractivity contribution < 1.29 is 0 Å². The molecule has 0 atom stereocenters. The smallest absolute Gasteiger partial charge is 0.201 e. The lowest BCUT2D eigenvalue weighted by atomic mass is 9.70. The first kappa shape index (κ1) is 12.1. The van der Waals surface area contributed by atoms with E-state index >= 15 is 0 Å². The number of halogens is 2. The summed E-state index contributed by atoms with van der Waals surface area (Å²) in [5, 5.41) is 1.06. The van der Waals surface area contributed by atoms with Crippen molar-refractivity contribution in [1.82, 2.24) is 9.55 Å². The highest BCUT2D eigenvalue weighted by molar-refractivity contribution is 6.42. The summed E-state index contributed by atoms with van der Waals surface area (Å²) in [6, 6.07) is 3.62. The van der Waals surface area contributed by atoms with Crippen LogP contribution < -0.4 is 5.73 Å². The number of imidazole rings is 1. The predicted molar refractivity (Wildman–Crippen MR) is 76.1 cm³/mol. The van der Waals surface area contributed by atoms with Crippen LogP contribution in [0.3, 0.4) is 0 Å². The summed E-state index contributed by atoms with van der Waals surface area (Å²) in [6.07, 6.45) is 3.79. The Morgan fingerprint density at radius 1 is 1.33 bits per heavy atom. The van der Waals surface area contributed by atoms with Crippen molar-refractivity contribution in [2.75, 3.05) is 5.73 Å². The van der Waals surface area contributed by atoms with Gasteiger partial charge in [-0.1, -0.05) is 36.5 Å². The van der Waals surface area contributed by atoms with Crippen molar-refractivity contribution in [2.24, 2.45) is 5.41 Å². The molecule has 0 saturated heterocycles. The first-order valence-electron chi connectivity index (χ1n) is 6.09. The number of nitrogens with zero attached hydrogens (tertiary/aromatic N) is 2. The molecule has 0 unspecified atom stereocenters. The number of nitrogens with two attached hydrogens (primary N) is 1. The van der Waals surface area contributed by atoms with Crippen LogP contribution in [-0.4, -0.2) is 9.55 Å². The molecule has 3 rings (SSSR count). The van der Waals surface area contributed by atoms with Gasteiger partial charge in [0, 0.05) is 6.54 Å². The van der Waals surface area contributed by atoms with Crippen molar-refractivity contribution in [3.8, 4) is 0 Å². The van der Waals surface area contributed by atoms with E-state index in [0.717, 1.165) is 17.6 Å². The Morgan fingerprint density at radius 2 is 2.00 bits per heavy atom. The second-order valence-corrected chi connectivity index (χ2v) is 6.29. The van der Waals surface area contributed by atoms with E-state index in [0.29, 0.717) is 21.4 Å². The number of rotatable bonds is 2. The maximum absolute atomic E-state index is 6.07. The predicted octanol–water partition coefficient (Wildman–Crippen LogP) is 4.12. The van der Waals surface area contributed by atoms with E-state index in [1.54, 1.807) is 6.07 Å². The zero-order valence-corrected chi connectivity index (χ0v) is 11.7. The summed E-state index contributed by atoms with van der Waals surface area (Å²) in [7, 11) is 0. The molecule has 0 amide bonds. The van der Waals surface area contributed by atoms with Gasteiger partial charge in [-0.05, 0) is 30.4 Å². The van der Waals surface area contributed by atoms with Gasteiger partial charge < -0.3 is 10.3 Å². The van der Waals surface area contributed by atoms with E-state index in [9.17, 15) is 0 Å². The maximum Gasteiger partial charge on any atom is 0.201 e. The van der Waals surface area contributed by atoms with E-state index < -0.39 is 0 Å². The number of benzene rings is 1. The molecule has 5 heteroatoms. The van der Waals surface area contributed by atoms with Crippen molar-refractivity contribution in [1.29, 1.82) is 0 Å². The van der Waals surface area contributed by atoms with E-state index in [2.05, 4.69) is 16.5 Å². The van der Waals surface area contributed by atoms with Crippen molar-refractivity contribution in [3.05, 3.63) is 22.2 Å². The molecule has 0 bridgehead atoms. The molecular weight excluding hydrogens is 269 g/mol. The zero-order valence-electron chi connectivity index (χ0n) is 10.2. The number of nitrogen functional groups attached to an aromatic ring is 1. The van der Waals surface area contributed by atoms with E-state index in [-0.39, 0.29) is 0 Å². The molecule has 0 spiro atoms. The lowest BCUT2D eigenvalue weighted by Gasteiger charge is -2.38. The highest BCUT2D eigenvalue weighted by Crippen LogP contribution is 2.43.